The number of rotatable bonds is 3. The Balaban J connectivity index is 2.15. The van der Waals surface area contributed by atoms with Crippen LogP contribution in [0.25, 0.3) is 0 Å². The maximum Gasteiger partial charge on any atom is 0.246 e. The zero-order chi connectivity index (χ0) is 13.8. The summed E-state index contributed by atoms with van der Waals surface area (Å²) in [4.78, 5) is 12.1. The van der Waals surface area contributed by atoms with Crippen LogP contribution in [-0.4, -0.2) is 5.91 Å². The highest BCUT2D eigenvalue weighted by Crippen LogP contribution is 2.26. The van der Waals surface area contributed by atoms with Gasteiger partial charge >= 0.3 is 0 Å². The number of anilines is 1. The summed E-state index contributed by atoms with van der Waals surface area (Å²) in [6.45, 7) is 1.85. The minimum Gasteiger partial charge on any atom is -0.324 e. The van der Waals surface area contributed by atoms with Crippen LogP contribution >= 0.6 is 23.2 Å². The summed E-state index contributed by atoms with van der Waals surface area (Å²) in [5, 5.41) is 2.69. The number of amides is 1. The molecular formula is C15H13Cl2NO. The highest BCUT2D eigenvalue weighted by Gasteiger charge is 2.18. The van der Waals surface area contributed by atoms with Crippen molar-refractivity contribution in [3.8, 4) is 0 Å². The van der Waals surface area contributed by atoms with Crippen LogP contribution in [0.3, 0.4) is 0 Å². The molecule has 2 aromatic carbocycles. The largest absolute Gasteiger partial charge is 0.324 e. The normalized spacial score (nSPS) is 11.9. The van der Waals surface area contributed by atoms with E-state index in [9.17, 15) is 4.79 Å². The molecule has 0 aromatic heterocycles. The van der Waals surface area contributed by atoms with Crippen molar-refractivity contribution in [1.82, 2.24) is 0 Å². The predicted molar refractivity (Wildman–Crippen MR) is 79.9 cm³/mol. The SMILES string of the molecule is Cc1c(Cl)cccc1NC(=O)C(Cl)c1ccccc1. The number of benzene rings is 2. The molecular weight excluding hydrogens is 281 g/mol. The van der Waals surface area contributed by atoms with Crippen molar-refractivity contribution in [3.63, 3.8) is 0 Å². The summed E-state index contributed by atoms with van der Waals surface area (Å²) in [6, 6.07) is 14.6. The molecule has 2 rings (SSSR count). The average molecular weight is 294 g/mol. The Labute approximate surface area is 122 Å². The van der Waals surface area contributed by atoms with Gasteiger partial charge in [0.05, 0.1) is 0 Å². The fourth-order valence-electron chi connectivity index (χ4n) is 1.71. The second-order valence-electron chi connectivity index (χ2n) is 4.17. The smallest absolute Gasteiger partial charge is 0.246 e. The van der Waals surface area contributed by atoms with Gasteiger partial charge in [-0.05, 0) is 30.2 Å². The average Bonchev–Trinajstić information content (AvgIpc) is 2.44. The van der Waals surface area contributed by atoms with Crippen LogP contribution in [0.5, 0.6) is 0 Å². The summed E-state index contributed by atoms with van der Waals surface area (Å²) >= 11 is 12.2. The second kappa shape index (κ2) is 6.09. The maximum absolute atomic E-state index is 12.1. The summed E-state index contributed by atoms with van der Waals surface area (Å²) in [6.07, 6.45) is 0. The van der Waals surface area contributed by atoms with Crippen LogP contribution < -0.4 is 5.32 Å². The van der Waals surface area contributed by atoms with Gasteiger partial charge in [-0.25, -0.2) is 0 Å². The maximum atomic E-state index is 12.1. The lowest BCUT2D eigenvalue weighted by atomic mass is 10.1. The zero-order valence-electron chi connectivity index (χ0n) is 10.4. The molecule has 1 amide bonds. The van der Waals surface area contributed by atoms with Crippen molar-refractivity contribution in [2.24, 2.45) is 0 Å². The Morgan fingerprint density at radius 2 is 1.79 bits per heavy atom. The van der Waals surface area contributed by atoms with Crippen molar-refractivity contribution in [1.29, 1.82) is 0 Å². The van der Waals surface area contributed by atoms with Gasteiger partial charge < -0.3 is 5.32 Å². The van der Waals surface area contributed by atoms with Crippen LogP contribution in [0, 0.1) is 6.92 Å². The quantitative estimate of drug-likeness (QED) is 0.826. The third kappa shape index (κ3) is 3.28. The van der Waals surface area contributed by atoms with Gasteiger partial charge in [0.2, 0.25) is 5.91 Å². The first-order valence-corrected chi connectivity index (χ1v) is 6.66. The van der Waals surface area contributed by atoms with E-state index < -0.39 is 5.38 Å². The van der Waals surface area contributed by atoms with E-state index >= 15 is 0 Å². The Morgan fingerprint density at radius 1 is 1.11 bits per heavy atom. The van der Waals surface area contributed by atoms with Gasteiger partial charge in [0, 0.05) is 10.7 Å². The molecule has 0 saturated carbocycles. The van der Waals surface area contributed by atoms with E-state index in [2.05, 4.69) is 5.32 Å². The molecule has 98 valence electrons. The van der Waals surface area contributed by atoms with Gasteiger partial charge in [0.25, 0.3) is 0 Å². The van der Waals surface area contributed by atoms with Crippen LogP contribution in [0.2, 0.25) is 5.02 Å². The topological polar surface area (TPSA) is 29.1 Å². The molecule has 1 N–H and O–H groups in total. The van der Waals surface area contributed by atoms with Crippen molar-refractivity contribution in [2.45, 2.75) is 12.3 Å². The van der Waals surface area contributed by atoms with Gasteiger partial charge in [0.15, 0.2) is 0 Å². The minimum atomic E-state index is -0.723. The summed E-state index contributed by atoms with van der Waals surface area (Å²) < 4.78 is 0. The van der Waals surface area contributed by atoms with Gasteiger partial charge in [-0.2, -0.15) is 0 Å². The van der Waals surface area contributed by atoms with Gasteiger partial charge in [-0.1, -0.05) is 48.0 Å². The van der Waals surface area contributed by atoms with E-state index in [4.69, 9.17) is 23.2 Å². The van der Waals surface area contributed by atoms with Crippen molar-refractivity contribution >= 4 is 34.8 Å². The number of alkyl halides is 1. The number of nitrogens with one attached hydrogen (secondary N) is 1. The third-order valence-corrected chi connectivity index (χ3v) is 3.71. The van der Waals surface area contributed by atoms with Gasteiger partial charge in [-0.3, -0.25) is 4.79 Å². The van der Waals surface area contributed by atoms with E-state index in [1.54, 1.807) is 18.2 Å². The molecule has 0 aliphatic carbocycles. The molecule has 2 nitrogen and oxygen atoms in total. The molecule has 0 fully saturated rings. The molecule has 0 saturated heterocycles. The monoisotopic (exact) mass is 293 g/mol. The Morgan fingerprint density at radius 3 is 2.47 bits per heavy atom. The fraction of sp³-hybridized carbons (Fsp3) is 0.133. The van der Waals surface area contributed by atoms with Crippen LogP contribution in [0.1, 0.15) is 16.5 Å². The van der Waals surface area contributed by atoms with Crippen molar-refractivity contribution < 1.29 is 4.79 Å². The summed E-state index contributed by atoms with van der Waals surface area (Å²) in [5.74, 6) is -0.266. The highest BCUT2D eigenvalue weighted by molar-refractivity contribution is 6.33. The molecule has 4 heteroatoms. The molecule has 0 aliphatic heterocycles. The molecule has 0 spiro atoms. The summed E-state index contributed by atoms with van der Waals surface area (Å²) in [5.41, 5.74) is 2.27. The highest BCUT2D eigenvalue weighted by atomic mass is 35.5. The van der Waals surface area contributed by atoms with Gasteiger partial charge in [-0.15, -0.1) is 11.6 Å². The first kappa shape index (κ1) is 13.9. The Hall–Kier alpha value is -1.51. The lowest BCUT2D eigenvalue weighted by Gasteiger charge is -2.13. The van der Waals surface area contributed by atoms with Crippen molar-refractivity contribution in [2.75, 3.05) is 5.32 Å². The standard InChI is InChI=1S/C15H13Cl2NO/c1-10-12(16)8-5-9-13(10)18-15(19)14(17)11-6-3-2-4-7-11/h2-9,14H,1H3,(H,18,19). The number of carbonyl (C=O) groups is 1. The Bertz CT molecular complexity index is 584. The summed E-state index contributed by atoms with van der Waals surface area (Å²) in [7, 11) is 0. The fourth-order valence-corrected chi connectivity index (χ4v) is 2.09. The molecule has 19 heavy (non-hydrogen) atoms. The molecule has 1 atom stereocenters. The molecule has 0 radical (unpaired) electrons. The van der Waals surface area contributed by atoms with Crippen LogP contribution in [-0.2, 0) is 4.79 Å². The third-order valence-electron chi connectivity index (χ3n) is 2.85. The number of hydrogen-bond acceptors (Lipinski definition) is 1. The molecule has 1 unspecified atom stereocenters. The van der Waals surface area contributed by atoms with E-state index in [-0.39, 0.29) is 5.91 Å². The molecule has 0 bridgehead atoms. The Kier molecular flexibility index (Phi) is 4.46. The van der Waals surface area contributed by atoms with E-state index in [0.717, 1.165) is 11.1 Å². The first-order valence-electron chi connectivity index (χ1n) is 5.84. The van der Waals surface area contributed by atoms with E-state index in [1.807, 2.05) is 37.3 Å². The number of halogens is 2. The lowest BCUT2D eigenvalue weighted by Crippen LogP contribution is -2.17. The molecule has 0 aliphatic rings. The molecule has 0 heterocycles. The first-order chi connectivity index (χ1) is 9.09. The number of hydrogen-bond donors (Lipinski definition) is 1. The number of carbonyl (C=O) groups excluding carboxylic acids is 1. The zero-order valence-corrected chi connectivity index (χ0v) is 11.9. The predicted octanol–water partition coefficient (Wildman–Crippen LogP) is 4.57. The second-order valence-corrected chi connectivity index (χ2v) is 5.02. The van der Waals surface area contributed by atoms with Crippen molar-refractivity contribution in [3.05, 3.63) is 64.7 Å². The van der Waals surface area contributed by atoms with Gasteiger partial charge in [0.1, 0.15) is 5.38 Å². The lowest BCUT2D eigenvalue weighted by molar-refractivity contribution is -0.116. The van der Waals surface area contributed by atoms with Crippen LogP contribution in [0.15, 0.2) is 48.5 Å². The van der Waals surface area contributed by atoms with E-state index in [0.29, 0.717) is 10.7 Å². The molecule has 2 aromatic rings. The minimum absolute atomic E-state index is 0.266. The van der Waals surface area contributed by atoms with E-state index in [1.165, 1.54) is 0 Å². The van der Waals surface area contributed by atoms with Crippen LogP contribution in [0.4, 0.5) is 5.69 Å².